The summed E-state index contributed by atoms with van der Waals surface area (Å²) in [5.41, 5.74) is 3.36. The van der Waals surface area contributed by atoms with Gasteiger partial charge in [0.2, 0.25) is 0 Å². The fourth-order valence-corrected chi connectivity index (χ4v) is 3.48. The van der Waals surface area contributed by atoms with Crippen LogP contribution in [0.4, 0.5) is 0 Å². The maximum Gasteiger partial charge on any atom is 0.106 e. The van der Waals surface area contributed by atoms with Crippen molar-refractivity contribution in [1.82, 2.24) is 9.88 Å². The summed E-state index contributed by atoms with van der Waals surface area (Å²) in [5, 5.41) is 0. The summed E-state index contributed by atoms with van der Waals surface area (Å²) in [7, 11) is 0. The lowest BCUT2D eigenvalue weighted by Crippen LogP contribution is -2.65. The first-order valence-electron chi connectivity index (χ1n) is 7.30. The molecule has 0 aliphatic carbocycles. The van der Waals surface area contributed by atoms with E-state index in [4.69, 9.17) is 9.72 Å². The number of nitrogens with zero attached hydrogens (tertiary/aromatic N) is 2. The minimum Gasteiger partial charge on any atom is -0.380 e. The van der Waals surface area contributed by atoms with Crippen LogP contribution in [0, 0.1) is 10.8 Å². The molecule has 20 heavy (non-hydrogen) atoms. The zero-order valence-corrected chi connectivity index (χ0v) is 14.2. The second-order valence-electron chi connectivity index (χ2n) is 7.62. The number of aromatic nitrogens is 1. The van der Waals surface area contributed by atoms with Gasteiger partial charge in [-0.1, -0.05) is 26.8 Å². The van der Waals surface area contributed by atoms with Gasteiger partial charge in [-0.3, -0.25) is 4.90 Å². The molecule has 4 heteroatoms. The van der Waals surface area contributed by atoms with E-state index < -0.39 is 0 Å². The van der Waals surface area contributed by atoms with E-state index in [1.165, 1.54) is 24.3 Å². The topological polar surface area (TPSA) is 25.4 Å². The molecule has 3 nitrogen and oxygen atoms in total. The molecule has 3 rings (SSSR count). The minimum absolute atomic E-state index is 0.264. The molecule has 0 unspecified atom stereocenters. The van der Waals surface area contributed by atoms with Crippen molar-refractivity contribution in [2.75, 3.05) is 26.3 Å². The molecule has 2 fully saturated rings. The summed E-state index contributed by atoms with van der Waals surface area (Å²) < 4.78 is 6.28. The summed E-state index contributed by atoms with van der Waals surface area (Å²) in [6, 6.07) is 4.28. The SMILES string of the molecule is CC(C)(C)Cc1nc(Br)ccc1CN1CC2(COC2)C1. The Morgan fingerprint density at radius 3 is 2.55 bits per heavy atom. The maximum absolute atomic E-state index is 5.34. The van der Waals surface area contributed by atoms with Gasteiger partial charge in [0.25, 0.3) is 0 Å². The molecule has 0 atom stereocenters. The fourth-order valence-electron chi connectivity index (χ4n) is 3.13. The molecule has 2 aliphatic rings. The number of hydrogen-bond acceptors (Lipinski definition) is 3. The third kappa shape index (κ3) is 3.07. The first-order chi connectivity index (χ1) is 9.35. The highest BCUT2D eigenvalue weighted by molar-refractivity contribution is 9.10. The molecule has 2 saturated heterocycles. The molecule has 1 aromatic rings. The quantitative estimate of drug-likeness (QED) is 0.791. The zero-order chi connectivity index (χ0) is 14.4. The third-order valence-electron chi connectivity index (χ3n) is 4.06. The van der Waals surface area contributed by atoms with Crippen LogP contribution in [-0.4, -0.2) is 36.2 Å². The molecule has 0 saturated carbocycles. The molecular formula is C16H23BrN2O. The van der Waals surface area contributed by atoms with Crippen LogP contribution in [0.15, 0.2) is 16.7 Å². The van der Waals surface area contributed by atoms with Gasteiger partial charge in [-0.2, -0.15) is 0 Å². The molecular weight excluding hydrogens is 316 g/mol. The van der Waals surface area contributed by atoms with Crippen molar-refractivity contribution < 1.29 is 4.74 Å². The summed E-state index contributed by atoms with van der Waals surface area (Å²) in [6.07, 6.45) is 1.02. The van der Waals surface area contributed by atoms with E-state index in [2.05, 4.69) is 53.7 Å². The molecule has 110 valence electrons. The van der Waals surface area contributed by atoms with E-state index in [9.17, 15) is 0 Å². The van der Waals surface area contributed by atoms with Crippen LogP contribution in [0.5, 0.6) is 0 Å². The molecule has 0 radical (unpaired) electrons. The van der Waals surface area contributed by atoms with E-state index in [0.29, 0.717) is 5.41 Å². The van der Waals surface area contributed by atoms with E-state index in [-0.39, 0.29) is 5.41 Å². The predicted molar refractivity (Wildman–Crippen MR) is 83.6 cm³/mol. The van der Waals surface area contributed by atoms with Gasteiger partial charge >= 0.3 is 0 Å². The van der Waals surface area contributed by atoms with Gasteiger partial charge in [-0.25, -0.2) is 4.98 Å². The van der Waals surface area contributed by atoms with Gasteiger partial charge in [0.1, 0.15) is 4.60 Å². The van der Waals surface area contributed by atoms with Gasteiger partial charge < -0.3 is 4.74 Å². The minimum atomic E-state index is 0.264. The van der Waals surface area contributed by atoms with Crippen LogP contribution in [0.1, 0.15) is 32.0 Å². The molecule has 0 N–H and O–H groups in total. The summed E-state index contributed by atoms with van der Waals surface area (Å²) in [6.45, 7) is 12.1. The largest absolute Gasteiger partial charge is 0.380 e. The standard InChI is InChI=1S/C16H23BrN2O/c1-15(2,3)6-13-12(4-5-14(17)18-13)7-19-8-16(9-19)10-20-11-16/h4-5H,6-11H2,1-3H3. The molecule has 0 bridgehead atoms. The predicted octanol–water partition coefficient (Wildman–Crippen LogP) is 3.26. The van der Waals surface area contributed by atoms with Gasteiger partial charge in [0.05, 0.1) is 13.2 Å². The second kappa shape index (κ2) is 5.08. The Balaban J connectivity index is 1.69. The van der Waals surface area contributed by atoms with Crippen molar-refractivity contribution in [1.29, 1.82) is 0 Å². The maximum atomic E-state index is 5.34. The fraction of sp³-hybridized carbons (Fsp3) is 0.688. The van der Waals surface area contributed by atoms with Crippen LogP contribution in [0.2, 0.25) is 0 Å². The number of ether oxygens (including phenoxy) is 1. The Morgan fingerprint density at radius 1 is 1.30 bits per heavy atom. The van der Waals surface area contributed by atoms with Crippen molar-refractivity contribution in [3.05, 3.63) is 28.0 Å². The monoisotopic (exact) mass is 338 g/mol. The van der Waals surface area contributed by atoms with Crippen molar-refractivity contribution in [2.45, 2.75) is 33.7 Å². The zero-order valence-electron chi connectivity index (χ0n) is 12.6. The Labute approximate surface area is 129 Å². The summed E-state index contributed by atoms with van der Waals surface area (Å²) >= 11 is 3.50. The van der Waals surface area contributed by atoms with Crippen molar-refractivity contribution in [3.63, 3.8) is 0 Å². The average Bonchev–Trinajstić information content (AvgIpc) is 2.20. The number of hydrogen-bond donors (Lipinski definition) is 0. The molecule has 2 aliphatic heterocycles. The summed E-state index contributed by atoms with van der Waals surface area (Å²) in [5.74, 6) is 0. The van der Waals surface area contributed by atoms with Crippen LogP contribution in [0.25, 0.3) is 0 Å². The molecule has 0 amide bonds. The number of pyridine rings is 1. The van der Waals surface area contributed by atoms with Crippen molar-refractivity contribution >= 4 is 15.9 Å². The van der Waals surface area contributed by atoms with Crippen LogP contribution >= 0.6 is 15.9 Å². The molecule has 3 heterocycles. The van der Waals surface area contributed by atoms with Crippen LogP contribution in [-0.2, 0) is 17.7 Å². The Bertz CT molecular complexity index is 498. The first kappa shape index (κ1) is 14.5. The van der Waals surface area contributed by atoms with Crippen molar-refractivity contribution in [2.24, 2.45) is 10.8 Å². The Morgan fingerprint density at radius 2 is 2.00 bits per heavy atom. The highest BCUT2D eigenvalue weighted by Gasteiger charge is 2.48. The van der Waals surface area contributed by atoms with Crippen LogP contribution in [0.3, 0.4) is 0 Å². The van der Waals surface area contributed by atoms with Crippen molar-refractivity contribution in [3.8, 4) is 0 Å². The lowest BCUT2D eigenvalue weighted by Gasteiger charge is -2.55. The first-order valence-corrected chi connectivity index (χ1v) is 8.09. The molecule has 1 aromatic heterocycles. The third-order valence-corrected chi connectivity index (χ3v) is 4.50. The van der Waals surface area contributed by atoms with Crippen LogP contribution < -0.4 is 0 Å². The lowest BCUT2D eigenvalue weighted by atomic mass is 9.77. The van der Waals surface area contributed by atoms with E-state index in [1.807, 2.05) is 0 Å². The normalized spacial score (nSPS) is 21.6. The van der Waals surface area contributed by atoms with Gasteiger partial charge in [0.15, 0.2) is 0 Å². The van der Waals surface area contributed by atoms with Gasteiger partial charge in [-0.05, 0) is 39.4 Å². The highest BCUT2D eigenvalue weighted by atomic mass is 79.9. The Kier molecular flexibility index (Phi) is 3.68. The number of likely N-dealkylation sites (tertiary alicyclic amines) is 1. The van der Waals surface area contributed by atoms with Gasteiger partial charge in [-0.15, -0.1) is 0 Å². The highest BCUT2D eigenvalue weighted by Crippen LogP contribution is 2.38. The average molecular weight is 339 g/mol. The second-order valence-corrected chi connectivity index (χ2v) is 8.43. The molecule has 1 spiro atoms. The lowest BCUT2D eigenvalue weighted by molar-refractivity contribution is -0.191. The summed E-state index contributed by atoms with van der Waals surface area (Å²) in [4.78, 5) is 7.22. The van der Waals surface area contributed by atoms with E-state index >= 15 is 0 Å². The van der Waals surface area contributed by atoms with E-state index in [1.54, 1.807) is 0 Å². The number of halogens is 1. The smallest absolute Gasteiger partial charge is 0.106 e. The number of rotatable bonds is 3. The molecule has 0 aromatic carbocycles. The van der Waals surface area contributed by atoms with E-state index in [0.717, 1.165) is 30.8 Å². The van der Waals surface area contributed by atoms with Gasteiger partial charge in [0, 0.05) is 30.7 Å². The Hall–Kier alpha value is -0.450.